The molecule has 0 aliphatic carbocycles. The number of thiophene rings is 1. The van der Waals surface area contributed by atoms with E-state index >= 15 is 0 Å². The zero-order valence-electron chi connectivity index (χ0n) is 20.9. The minimum absolute atomic E-state index is 0.214. The molecule has 1 aliphatic heterocycles. The monoisotopic (exact) mass is 495 g/mol. The molecule has 7 nitrogen and oxygen atoms in total. The number of aromatic nitrogens is 2. The van der Waals surface area contributed by atoms with Crippen LogP contribution in [0.1, 0.15) is 49.3 Å². The van der Waals surface area contributed by atoms with Gasteiger partial charge in [-0.1, -0.05) is 6.92 Å². The van der Waals surface area contributed by atoms with Gasteiger partial charge in [0.25, 0.3) is 5.56 Å². The topological polar surface area (TPSA) is 73.1 Å². The van der Waals surface area contributed by atoms with E-state index in [1.54, 1.807) is 21.9 Å². The summed E-state index contributed by atoms with van der Waals surface area (Å²) in [6.45, 7) is 9.99. The lowest BCUT2D eigenvalue weighted by Gasteiger charge is -2.29. The van der Waals surface area contributed by atoms with Crippen LogP contribution in [-0.2, 0) is 33.5 Å². The number of pyridine rings is 1. The zero-order chi connectivity index (χ0) is 25.0. The molecule has 186 valence electrons. The molecule has 1 aliphatic rings. The Labute approximate surface area is 210 Å². The normalized spacial score (nSPS) is 14.7. The summed E-state index contributed by atoms with van der Waals surface area (Å²) in [7, 11) is 0. The Morgan fingerprint density at radius 3 is 2.66 bits per heavy atom. The number of morpholine rings is 1. The minimum Gasteiger partial charge on any atom is -0.457 e. The Kier molecular flexibility index (Phi) is 7.72. The van der Waals surface area contributed by atoms with E-state index in [1.807, 2.05) is 37.8 Å². The van der Waals surface area contributed by atoms with E-state index < -0.39 is 11.6 Å². The maximum absolute atomic E-state index is 13.5. The molecule has 35 heavy (non-hydrogen) atoms. The van der Waals surface area contributed by atoms with Gasteiger partial charge in [-0.2, -0.15) is 0 Å². The van der Waals surface area contributed by atoms with Crippen LogP contribution in [0.15, 0.2) is 40.6 Å². The Morgan fingerprint density at radius 1 is 1.20 bits per heavy atom. The van der Waals surface area contributed by atoms with Crippen molar-refractivity contribution in [3.8, 4) is 0 Å². The average Bonchev–Trinajstić information content (AvgIpc) is 3.29. The second-order valence-corrected chi connectivity index (χ2v) is 10.7. The molecule has 3 aromatic rings. The Hall–Kier alpha value is -2.97. The van der Waals surface area contributed by atoms with E-state index in [4.69, 9.17) is 14.5 Å². The van der Waals surface area contributed by atoms with Gasteiger partial charge in [0.15, 0.2) is 0 Å². The maximum Gasteiger partial charge on any atom is 0.331 e. The molecule has 0 radical (unpaired) electrons. The molecule has 3 aromatic heterocycles. The highest BCUT2D eigenvalue weighted by molar-refractivity contribution is 7.10. The Morgan fingerprint density at radius 2 is 1.97 bits per heavy atom. The minimum atomic E-state index is -0.608. The number of anilines is 1. The van der Waals surface area contributed by atoms with E-state index in [0.29, 0.717) is 43.3 Å². The van der Waals surface area contributed by atoms with E-state index in [9.17, 15) is 9.59 Å². The third-order valence-electron chi connectivity index (χ3n) is 5.79. The van der Waals surface area contributed by atoms with Gasteiger partial charge in [-0.15, -0.1) is 11.3 Å². The fourth-order valence-electron chi connectivity index (χ4n) is 4.00. The highest BCUT2D eigenvalue weighted by Crippen LogP contribution is 2.21. The summed E-state index contributed by atoms with van der Waals surface area (Å²) in [5.41, 5.74) is 2.65. The predicted molar refractivity (Wildman–Crippen MR) is 140 cm³/mol. The van der Waals surface area contributed by atoms with Gasteiger partial charge in [0.1, 0.15) is 17.1 Å². The summed E-state index contributed by atoms with van der Waals surface area (Å²) in [5.74, 6) is 0.0752. The van der Waals surface area contributed by atoms with Crippen molar-refractivity contribution in [3.63, 3.8) is 0 Å². The number of carbonyl (C=O) groups is 1. The van der Waals surface area contributed by atoms with Crippen LogP contribution in [0.5, 0.6) is 0 Å². The number of esters is 1. The van der Waals surface area contributed by atoms with Crippen molar-refractivity contribution < 1.29 is 14.3 Å². The average molecular weight is 496 g/mol. The Balaban J connectivity index is 1.67. The van der Waals surface area contributed by atoms with E-state index in [-0.39, 0.29) is 5.56 Å². The van der Waals surface area contributed by atoms with Crippen LogP contribution in [-0.4, -0.2) is 47.3 Å². The molecule has 0 atom stereocenters. The number of aryl methyl sites for hydroxylation is 3. The fourth-order valence-corrected chi connectivity index (χ4v) is 4.97. The van der Waals surface area contributed by atoms with Gasteiger partial charge >= 0.3 is 5.97 Å². The lowest BCUT2D eigenvalue weighted by atomic mass is 10.1. The molecular formula is C27H33N3O4S. The molecule has 4 rings (SSSR count). The highest BCUT2D eigenvalue weighted by Gasteiger charge is 2.20. The SMILES string of the molecule is CCc1csc(CCc2ccn3c(=O)c(/C=C/C(=O)OC(C)(C)C)c(N4CCOCC4)nc3c2)c1. The second kappa shape index (κ2) is 10.7. The number of rotatable bonds is 7. The quantitative estimate of drug-likeness (QED) is 0.360. The maximum atomic E-state index is 13.5. The molecule has 0 spiro atoms. The highest BCUT2D eigenvalue weighted by atomic mass is 32.1. The molecule has 0 bridgehead atoms. The third-order valence-corrected chi connectivity index (χ3v) is 6.83. The number of hydrogen-bond donors (Lipinski definition) is 0. The summed E-state index contributed by atoms with van der Waals surface area (Å²) >= 11 is 1.80. The van der Waals surface area contributed by atoms with Crippen LogP contribution >= 0.6 is 11.3 Å². The number of ether oxygens (including phenoxy) is 2. The van der Waals surface area contributed by atoms with Gasteiger partial charge in [0.2, 0.25) is 0 Å². The van der Waals surface area contributed by atoms with Crippen LogP contribution in [0, 0.1) is 0 Å². The first kappa shape index (κ1) is 25.1. The number of fused-ring (bicyclic) bond motifs is 1. The van der Waals surface area contributed by atoms with E-state index in [0.717, 1.165) is 24.8 Å². The van der Waals surface area contributed by atoms with E-state index in [2.05, 4.69) is 18.4 Å². The first-order chi connectivity index (χ1) is 16.7. The third kappa shape index (κ3) is 6.38. The summed E-state index contributed by atoms with van der Waals surface area (Å²) in [6.07, 6.45) is 7.49. The molecule has 1 saturated heterocycles. The van der Waals surface area contributed by atoms with Gasteiger partial charge in [0.05, 0.1) is 18.8 Å². The van der Waals surface area contributed by atoms with Gasteiger partial charge in [-0.25, -0.2) is 9.78 Å². The van der Waals surface area contributed by atoms with Crippen LogP contribution in [0.4, 0.5) is 5.82 Å². The Bertz CT molecular complexity index is 1280. The first-order valence-corrected chi connectivity index (χ1v) is 13.0. The fraction of sp³-hybridized carbons (Fsp3) is 0.444. The summed E-state index contributed by atoms with van der Waals surface area (Å²) in [4.78, 5) is 34.0. The molecule has 0 saturated carbocycles. The van der Waals surface area contributed by atoms with Crippen molar-refractivity contribution in [3.05, 3.63) is 67.8 Å². The van der Waals surface area contributed by atoms with Crippen LogP contribution < -0.4 is 10.5 Å². The number of hydrogen-bond acceptors (Lipinski definition) is 7. The predicted octanol–water partition coefficient (Wildman–Crippen LogP) is 4.30. The van der Waals surface area contributed by atoms with Crippen molar-refractivity contribution in [2.24, 2.45) is 0 Å². The van der Waals surface area contributed by atoms with Crippen molar-refractivity contribution in [2.45, 2.75) is 52.6 Å². The van der Waals surface area contributed by atoms with Gasteiger partial charge < -0.3 is 14.4 Å². The van der Waals surface area contributed by atoms with Gasteiger partial charge in [-0.3, -0.25) is 9.20 Å². The molecule has 1 fully saturated rings. The van der Waals surface area contributed by atoms with Crippen LogP contribution in [0.3, 0.4) is 0 Å². The standard InChI is InChI=1S/C27H33N3O4S/c1-5-19-16-21(35-18-19)7-6-20-10-11-30-23(17-20)28-25(29-12-14-33-15-13-29)22(26(30)32)8-9-24(31)34-27(2,3)4/h8-11,16-18H,5-7,12-15H2,1-4H3/b9-8+. The van der Waals surface area contributed by atoms with E-state index in [1.165, 1.54) is 22.6 Å². The largest absolute Gasteiger partial charge is 0.457 e. The summed E-state index contributed by atoms with van der Waals surface area (Å²) < 4.78 is 12.4. The molecule has 0 amide bonds. The molecule has 4 heterocycles. The van der Waals surface area contributed by atoms with Crippen molar-refractivity contribution in [1.29, 1.82) is 0 Å². The van der Waals surface area contributed by atoms with Crippen molar-refractivity contribution in [2.75, 3.05) is 31.2 Å². The lowest BCUT2D eigenvalue weighted by Crippen LogP contribution is -2.38. The number of carbonyl (C=O) groups excluding carboxylic acids is 1. The number of nitrogens with zero attached hydrogens (tertiary/aromatic N) is 3. The molecule has 0 aromatic carbocycles. The lowest BCUT2D eigenvalue weighted by molar-refractivity contribution is -0.148. The molecule has 8 heteroatoms. The summed E-state index contributed by atoms with van der Waals surface area (Å²) in [6, 6.07) is 6.23. The molecular weight excluding hydrogens is 462 g/mol. The molecule has 0 unspecified atom stereocenters. The van der Waals surface area contributed by atoms with Crippen molar-refractivity contribution in [1.82, 2.24) is 9.38 Å². The van der Waals surface area contributed by atoms with Crippen molar-refractivity contribution >= 4 is 34.8 Å². The second-order valence-electron chi connectivity index (χ2n) is 9.66. The van der Waals surface area contributed by atoms with Crippen LogP contribution in [0.25, 0.3) is 11.7 Å². The van der Waals surface area contributed by atoms with Gasteiger partial charge in [0, 0.05) is 30.2 Å². The smallest absolute Gasteiger partial charge is 0.331 e. The molecule has 0 N–H and O–H groups in total. The summed E-state index contributed by atoms with van der Waals surface area (Å²) in [5, 5.41) is 2.22. The zero-order valence-corrected chi connectivity index (χ0v) is 21.7. The van der Waals surface area contributed by atoms with Gasteiger partial charge in [-0.05, 0) is 80.8 Å². The van der Waals surface area contributed by atoms with Crippen LogP contribution in [0.2, 0.25) is 0 Å². The first-order valence-electron chi connectivity index (χ1n) is 12.1.